The molecule has 1 spiro atoms. The van der Waals surface area contributed by atoms with Gasteiger partial charge in [0, 0.05) is 15.6 Å². The van der Waals surface area contributed by atoms with Gasteiger partial charge in [-0.2, -0.15) is 0 Å². The van der Waals surface area contributed by atoms with Crippen LogP contribution < -0.4 is 4.74 Å². The van der Waals surface area contributed by atoms with Gasteiger partial charge in [0.2, 0.25) is 0 Å². The molecule has 0 aromatic heterocycles. The van der Waals surface area contributed by atoms with Gasteiger partial charge in [-0.3, -0.25) is 0 Å². The fourth-order valence-electron chi connectivity index (χ4n) is 3.90. The first-order valence-electron chi connectivity index (χ1n) is 8.49. The van der Waals surface area contributed by atoms with E-state index in [4.69, 9.17) is 55.9 Å². The fraction of sp³-hybridized carbons (Fsp3) is 0.0500. The van der Waals surface area contributed by atoms with Crippen LogP contribution in [0.25, 0.3) is 0 Å². The van der Waals surface area contributed by atoms with Crippen molar-refractivity contribution in [2.45, 2.75) is 5.60 Å². The number of ether oxygens (including phenoxy) is 2. The third-order valence-corrected chi connectivity index (χ3v) is 9.38. The SMILES string of the molecule is O=C1OC2(c3cc(Br)cc(Br)c3Oc3c2cc(Br)c(O)c3Br)c2c(Cl)c(Cl)c(Cl)c(Cl)c21. The second-order valence-electron chi connectivity index (χ2n) is 6.84. The summed E-state index contributed by atoms with van der Waals surface area (Å²) in [7, 11) is 0. The molecule has 0 saturated heterocycles. The highest BCUT2D eigenvalue weighted by atomic mass is 79.9. The predicted octanol–water partition coefficient (Wildman–Crippen LogP) is 9.62. The Morgan fingerprint density at radius 1 is 0.812 bits per heavy atom. The lowest BCUT2D eigenvalue weighted by atomic mass is 9.77. The van der Waals surface area contributed by atoms with E-state index in [-0.39, 0.29) is 47.2 Å². The Kier molecular flexibility index (Phi) is 5.83. The molecule has 0 saturated carbocycles. The van der Waals surface area contributed by atoms with Gasteiger partial charge in [0.1, 0.15) is 16.0 Å². The second-order valence-corrected chi connectivity index (χ2v) is 11.8. The summed E-state index contributed by atoms with van der Waals surface area (Å²) in [4.78, 5) is 13.2. The average molecular weight is 770 g/mol. The van der Waals surface area contributed by atoms with E-state index < -0.39 is 11.6 Å². The maximum atomic E-state index is 13.2. The lowest BCUT2D eigenvalue weighted by Gasteiger charge is -2.38. The van der Waals surface area contributed by atoms with Gasteiger partial charge in [-0.1, -0.05) is 62.3 Å². The molecule has 2 heterocycles. The van der Waals surface area contributed by atoms with Gasteiger partial charge in [0.05, 0.1) is 40.2 Å². The van der Waals surface area contributed by atoms with Crippen LogP contribution in [-0.4, -0.2) is 11.1 Å². The van der Waals surface area contributed by atoms with Crippen molar-refractivity contribution in [2.24, 2.45) is 0 Å². The summed E-state index contributed by atoms with van der Waals surface area (Å²) in [6.45, 7) is 0. The van der Waals surface area contributed by atoms with Crippen molar-refractivity contribution in [3.05, 3.63) is 78.4 Å². The largest absolute Gasteiger partial charge is 0.505 e. The Morgan fingerprint density at radius 2 is 1.44 bits per heavy atom. The number of hydrogen-bond acceptors (Lipinski definition) is 4. The smallest absolute Gasteiger partial charge is 0.341 e. The van der Waals surface area contributed by atoms with Crippen LogP contribution >= 0.6 is 110 Å². The number of aromatic hydroxyl groups is 1. The lowest BCUT2D eigenvalue weighted by molar-refractivity contribution is 0.0223. The minimum Gasteiger partial charge on any atom is -0.505 e. The van der Waals surface area contributed by atoms with Gasteiger partial charge in [-0.15, -0.1) is 0 Å². The number of fused-ring (bicyclic) bond motifs is 6. The Labute approximate surface area is 234 Å². The zero-order valence-corrected chi connectivity index (χ0v) is 24.3. The topological polar surface area (TPSA) is 55.8 Å². The van der Waals surface area contributed by atoms with Crippen molar-refractivity contribution < 1.29 is 19.4 Å². The summed E-state index contributed by atoms with van der Waals surface area (Å²) < 4.78 is 14.1. The predicted molar refractivity (Wildman–Crippen MR) is 137 cm³/mol. The van der Waals surface area contributed by atoms with Crippen molar-refractivity contribution in [3.63, 3.8) is 0 Å². The number of rotatable bonds is 0. The van der Waals surface area contributed by atoms with E-state index in [9.17, 15) is 9.90 Å². The lowest BCUT2D eigenvalue weighted by Crippen LogP contribution is -2.33. The van der Waals surface area contributed by atoms with E-state index in [0.717, 1.165) is 0 Å². The molecule has 2 aliphatic heterocycles. The monoisotopic (exact) mass is 764 g/mol. The molecule has 1 atom stereocenters. The van der Waals surface area contributed by atoms with Gasteiger partial charge >= 0.3 is 5.97 Å². The molecule has 2 aliphatic rings. The number of carbonyl (C=O) groups is 1. The molecular weight excluding hydrogens is 766 g/mol. The van der Waals surface area contributed by atoms with Crippen LogP contribution in [0.15, 0.2) is 36.1 Å². The molecular formula is C20H4Br4Cl4O4. The van der Waals surface area contributed by atoms with Gasteiger partial charge in [0.15, 0.2) is 11.4 Å². The van der Waals surface area contributed by atoms with Crippen LogP contribution in [0.4, 0.5) is 0 Å². The molecule has 0 fully saturated rings. The molecule has 0 radical (unpaired) electrons. The van der Waals surface area contributed by atoms with Crippen molar-refractivity contribution in [1.29, 1.82) is 0 Å². The second kappa shape index (κ2) is 7.92. The van der Waals surface area contributed by atoms with Crippen LogP contribution in [-0.2, 0) is 10.3 Å². The van der Waals surface area contributed by atoms with Crippen LogP contribution in [0.2, 0.25) is 20.1 Å². The third kappa shape index (κ3) is 3.00. The maximum absolute atomic E-state index is 13.2. The Balaban J connectivity index is 2.04. The van der Waals surface area contributed by atoms with Gasteiger partial charge in [0.25, 0.3) is 0 Å². The van der Waals surface area contributed by atoms with Crippen molar-refractivity contribution in [1.82, 2.24) is 0 Å². The summed E-state index contributed by atoms with van der Waals surface area (Å²) in [5.74, 6) is -0.263. The van der Waals surface area contributed by atoms with Gasteiger partial charge in [-0.05, 0) is 66.0 Å². The molecule has 5 rings (SSSR count). The molecule has 3 aromatic carbocycles. The molecule has 32 heavy (non-hydrogen) atoms. The van der Waals surface area contributed by atoms with Crippen molar-refractivity contribution >= 4 is 116 Å². The molecule has 0 bridgehead atoms. The van der Waals surface area contributed by atoms with E-state index >= 15 is 0 Å². The third-order valence-electron chi connectivity index (χ3n) is 5.19. The number of esters is 1. The highest BCUT2D eigenvalue weighted by Gasteiger charge is 2.57. The van der Waals surface area contributed by atoms with E-state index in [1.54, 1.807) is 18.2 Å². The Morgan fingerprint density at radius 3 is 2.12 bits per heavy atom. The quantitative estimate of drug-likeness (QED) is 0.141. The highest BCUT2D eigenvalue weighted by Crippen LogP contribution is 2.64. The number of benzene rings is 3. The van der Waals surface area contributed by atoms with E-state index in [1.807, 2.05) is 0 Å². The number of phenolic OH excluding ortho intramolecular Hbond substituents is 1. The molecule has 1 N–H and O–H groups in total. The number of hydrogen-bond donors (Lipinski definition) is 1. The average Bonchev–Trinajstić information content (AvgIpc) is 3.04. The van der Waals surface area contributed by atoms with Gasteiger partial charge in [-0.25, -0.2) is 4.79 Å². The highest BCUT2D eigenvalue weighted by molar-refractivity contribution is 9.11. The molecule has 1 unspecified atom stereocenters. The minimum absolute atomic E-state index is 0.00119. The first kappa shape index (κ1) is 23.5. The van der Waals surface area contributed by atoms with Crippen LogP contribution in [0, 0.1) is 0 Å². The fourth-order valence-corrected chi connectivity index (χ4v) is 7.47. The molecule has 12 heteroatoms. The molecule has 3 aromatic rings. The van der Waals surface area contributed by atoms with Crippen LogP contribution in [0.3, 0.4) is 0 Å². The number of phenols is 1. The van der Waals surface area contributed by atoms with Crippen molar-refractivity contribution in [3.8, 4) is 17.2 Å². The summed E-state index contributed by atoms with van der Waals surface area (Å²) >= 11 is 39.4. The first-order valence-corrected chi connectivity index (χ1v) is 13.2. The van der Waals surface area contributed by atoms with Crippen LogP contribution in [0.1, 0.15) is 27.0 Å². The van der Waals surface area contributed by atoms with E-state index in [0.29, 0.717) is 30.3 Å². The normalized spacial score (nSPS) is 18.2. The summed E-state index contributed by atoms with van der Waals surface area (Å²) in [5.41, 5.74) is -0.533. The summed E-state index contributed by atoms with van der Waals surface area (Å²) in [6.07, 6.45) is 0. The summed E-state index contributed by atoms with van der Waals surface area (Å²) in [6, 6.07) is 5.10. The van der Waals surface area contributed by atoms with E-state index in [2.05, 4.69) is 63.7 Å². The molecule has 164 valence electrons. The zero-order chi connectivity index (χ0) is 23.3. The zero-order valence-electron chi connectivity index (χ0n) is 14.9. The molecule has 4 nitrogen and oxygen atoms in total. The standard InChI is InChI=1S/C20H4Br4Cl4O4/c21-4-1-5-17(8(23)2-4)31-18-6(3-7(22)16(29)11(18)24)20(5)10-9(19(30)32-20)12(25)14(27)15(28)13(10)26/h1-3,29H. The van der Waals surface area contributed by atoms with Gasteiger partial charge < -0.3 is 14.6 Å². The Hall–Kier alpha value is -0.190. The molecule has 0 amide bonds. The number of carbonyl (C=O) groups excluding carboxylic acids is 1. The van der Waals surface area contributed by atoms with E-state index in [1.165, 1.54) is 0 Å². The minimum atomic E-state index is -1.60. The first-order chi connectivity index (χ1) is 15.0. The van der Waals surface area contributed by atoms with Crippen LogP contribution in [0.5, 0.6) is 17.2 Å². The maximum Gasteiger partial charge on any atom is 0.341 e. The Bertz CT molecular complexity index is 1410. The summed E-state index contributed by atoms with van der Waals surface area (Å²) in [5, 5.41) is 10.4. The number of halogens is 8. The van der Waals surface area contributed by atoms with Crippen molar-refractivity contribution in [2.75, 3.05) is 0 Å². The molecule has 0 aliphatic carbocycles.